The van der Waals surface area contributed by atoms with Crippen molar-refractivity contribution in [2.75, 3.05) is 26.4 Å². The van der Waals surface area contributed by atoms with Gasteiger partial charge in [-0.2, -0.15) is 0 Å². The van der Waals surface area contributed by atoms with Crippen LogP contribution in [0.4, 0.5) is 0 Å². The average molecular weight is 820 g/mol. The summed E-state index contributed by atoms with van der Waals surface area (Å²) in [6.07, 6.45) is 16.4. The first kappa shape index (κ1) is 51.1. The molecule has 0 saturated heterocycles. The Morgan fingerprint density at radius 3 is 1.65 bits per heavy atom. The number of carbonyl (C=O) groups excluding carboxylic acids is 7. The van der Waals surface area contributed by atoms with Gasteiger partial charge in [0.2, 0.25) is 11.8 Å². The highest BCUT2D eigenvalue weighted by Gasteiger charge is 2.23. The number of imide groups is 1. The number of rotatable bonds is 28. The van der Waals surface area contributed by atoms with Crippen molar-refractivity contribution in [1.29, 1.82) is 0 Å². The summed E-state index contributed by atoms with van der Waals surface area (Å²) in [5.74, 6) is -4.24. The van der Waals surface area contributed by atoms with Gasteiger partial charge in [0, 0.05) is 38.0 Å². The highest BCUT2D eigenvalue weighted by Crippen LogP contribution is 2.13. The minimum absolute atomic E-state index is 0.106. The molecule has 1 rings (SSSR count). The van der Waals surface area contributed by atoms with E-state index in [1.165, 1.54) is 57.8 Å². The van der Waals surface area contributed by atoms with E-state index in [0.717, 1.165) is 42.4 Å². The van der Waals surface area contributed by atoms with Gasteiger partial charge in [-0.05, 0) is 76.0 Å². The first-order chi connectivity index (χ1) is 29.2. The van der Waals surface area contributed by atoms with E-state index < -0.39 is 60.9 Å². The zero-order valence-electron chi connectivity index (χ0n) is 34.4. The van der Waals surface area contributed by atoms with Crippen LogP contribution in [-0.2, 0) is 47.8 Å². The molecule has 4 amide bonds. The summed E-state index contributed by atoms with van der Waals surface area (Å²) >= 11 is 0. The van der Waals surface area contributed by atoms with E-state index in [-0.39, 0.29) is 38.9 Å². The van der Waals surface area contributed by atoms with Crippen molar-refractivity contribution >= 4 is 41.5 Å². The molecule has 0 aromatic heterocycles. The number of hydrogen-bond acceptors (Lipinski definition) is 10. The van der Waals surface area contributed by atoms with Crippen LogP contribution >= 0.6 is 0 Å². The van der Waals surface area contributed by atoms with Crippen molar-refractivity contribution in [3.05, 3.63) is 99.3 Å². The second-order valence-corrected chi connectivity index (χ2v) is 13.0. The van der Waals surface area contributed by atoms with Crippen molar-refractivity contribution in [3.63, 3.8) is 0 Å². The van der Waals surface area contributed by atoms with E-state index in [2.05, 4.69) is 98.6 Å². The number of nitrogens with zero attached hydrogens (tertiary/aromatic N) is 1. The number of ether oxygens (including phenoxy) is 3. The Kier molecular flexibility index (Phi) is 30.1. The Labute approximate surface area is 352 Å². The molecule has 60 heavy (non-hydrogen) atoms. The number of hydrogen-bond donors (Lipinski definition) is 2. The summed E-state index contributed by atoms with van der Waals surface area (Å²) in [4.78, 5) is 85.6. The molecule has 1 aliphatic rings. The highest BCUT2D eigenvalue weighted by molar-refractivity contribution is 6.13. The molecular formula is C47H53N3O10. The van der Waals surface area contributed by atoms with E-state index in [4.69, 9.17) is 14.2 Å². The summed E-state index contributed by atoms with van der Waals surface area (Å²) in [5.41, 5.74) is 31.7. The third kappa shape index (κ3) is 29.4. The van der Waals surface area contributed by atoms with Crippen LogP contribution in [0.25, 0.3) is 0 Å². The lowest BCUT2D eigenvalue weighted by Gasteiger charge is -2.18. The number of unbranched alkanes of at least 4 members (excludes halogenated alkanes) is 12. The second-order valence-electron chi connectivity index (χ2n) is 13.0. The summed E-state index contributed by atoms with van der Waals surface area (Å²) in [7, 11) is 0. The quantitative estimate of drug-likeness (QED) is 0.0183. The molecule has 0 radical (unpaired) electrons. The lowest BCUT2D eigenvalue weighted by atomic mass is 10.0. The molecule has 0 aliphatic carbocycles. The Morgan fingerprint density at radius 2 is 1.10 bits per heavy atom. The van der Waals surface area contributed by atoms with Gasteiger partial charge in [0.05, 0.1) is 19.2 Å². The Hall–Kier alpha value is -6.89. The van der Waals surface area contributed by atoms with Crippen LogP contribution in [0, 0.1) is 0 Å². The van der Waals surface area contributed by atoms with Crippen LogP contribution in [0.1, 0.15) is 116 Å². The van der Waals surface area contributed by atoms with Crippen molar-refractivity contribution in [2.24, 2.45) is 0 Å². The van der Waals surface area contributed by atoms with E-state index in [0.29, 0.717) is 6.42 Å². The molecule has 2 N–H and O–H groups in total. The average Bonchev–Trinajstić information content (AvgIpc) is 3.56. The Bertz CT molecular complexity index is 2020. The fourth-order valence-corrected chi connectivity index (χ4v) is 5.08. The van der Waals surface area contributed by atoms with Crippen LogP contribution in [0.5, 0.6) is 0 Å². The molecule has 1 aliphatic heterocycles. The van der Waals surface area contributed by atoms with Crippen molar-refractivity contribution in [1.82, 2.24) is 15.5 Å². The van der Waals surface area contributed by atoms with Crippen molar-refractivity contribution in [2.45, 2.75) is 122 Å². The maximum Gasteiger partial charge on any atom is 0.339 e. The molecular weight excluding hydrogens is 767 g/mol. The zero-order chi connectivity index (χ0) is 43.9. The minimum Gasteiger partial charge on any atom is -0.462 e. The molecule has 1 atom stereocenters. The maximum absolute atomic E-state index is 12.7. The van der Waals surface area contributed by atoms with E-state index >= 15 is 0 Å². The molecule has 316 valence electrons. The fourth-order valence-electron chi connectivity index (χ4n) is 5.08. The number of carbonyl (C=O) groups is 7. The van der Waals surface area contributed by atoms with Gasteiger partial charge in [0.15, 0.2) is 6.10 Å². The van der Waals surface area contributed by atoms with Gasteiger partial charge in [-0.15, -0.1) is 0 Å². The predicted octanol–water partition coefficient (Wildman–Crippen LogP) is 5.95. The van der Waals surface area contributed by atoms with Gasteiger partial charge >= 0.3 is 17.9 Å². The number of amides is 4. The Balaban J connectivity index is 2.63. The van der Waals surface area contributed by atoms with Crippen LogP contribution in [0.2, 0.25) is 0 Å². The van der Waals surface area contributed by atoms with Crippen molar-refractivity contribution < 1.29 is 47.8 Å². The third-order valence-electron chi connectivity index (χ3n) is 8.19. The van der Waals surface area contributed by atoms with Gasteiger partial charge in [-0.3, -0.25) is 33.7 Å². The molecule has 0 fully saturated rings. The summed E-state index contributed by atoms with van der Waals surface area (Å²) in [6, 6.07) is 0. The summed E-state index contributed by atoms with van der Waals surface area (Å²) < 4.78 is 15.8. The number of esters is 3. The van der Waals surface area contributed by atoms with Gasteiger partial charge in [-0.1, -0.05) is 95.4 Å². The van der Waals surface area contributed by atoms with Crippen LogP contribution in [0.3, 0.4) is 0 Å². The second kappa shape index (κ2) is 35.3. The Morgan fingerprint density at radius 1 is 0.617 bits per heavy atom. The van der Waals surface area contributed by atoms with Gasteiger partial charge < -0.3 is 24.8 Å². The molecule has 0 saturated carbocycles. The minimum atomic E-state index is -1.12. The summed E-state index contributed by atoms with van der Waals surface area (Å²) in [6.45, 7) is 4.33. The molecule has 0 aromatic carbocycles. The smallest absolute Gasteiger partial charge is 0.339 e. The molecule has 0 bridgehead atoms. The highest BCUT2D eigenvalue weighted by atomic mass is 16.6. The van der Waals surface area contributed by atoms with Gasteiger partial charge in [0.1, 0.15) is 13.2 Å². The first-order valence-electron chi connectivity index (χ1n) is 20.1. The lowest BCUT2D eigenvalue weighted by molar-refractivity contribution is -0.165. The van der Waals surface area contributed by atoms with Crippen LogP contribution in [0.15, 0.2) is 99.3 Å². The molecule has 13 heteroatoms. The molecule has 1 heterocycles. The SMILES string of the molecule is C=C=C=C=C=C=C=C=C=C=C=C=C=C=CC(=O)OCC(COC(=O)CCC(=O)NCNC(=O)CCN1C(=O)C=CC1=O)OC(=O)CCCCCCCCCCCCCCC. The standard InChI is InChI=1S/C47H53N3O10/c1-3-5-7-9-11-13-15-17-19-21-23-25-27-29-45(55)58-37-40(60-47(57)30-28-26-24-22-20-18-16-14-12-10-8-6-4-2)38-59-46(56)34-31-41(51)48-39-49-42(52)35-36-50-43(53)32-33-44(50)54/h29,32-33,40H,1,4,6,8,10,12,14,16,18,20,22,24,26,28,30-31,34-39H2,2H3,(H,48,51)(H,49,52). The van der Waals surface area contributed by atoms with E-state index in [9.17, 15) is 33.6 Å². The monoisotopic (exact) mass is 819 g/mol. The fraction of sp³-hybridized carbons (Fsp3) is 0.489. The molecule has 0 spiro atoms. The summed E-state index contributed by atoms with van der Waals surface area (Å²) in [5, 5.41) is 4.85. The third-order valence-corrected chi connectivity index (χ3v) is 8.19. The van der Waals surface area contributed by atoms with Gasteiger partial charge in [0.25, 0.3) is 11.8 Å². The van der Waals surface area contributed by atoms with Crippen LogP contribution < -0.4 is 10.6 Å². The maximum atomic E-state index is 12.7. The molecule has 1 unspecified atom stereocenters. The lowest BCUT2D eigenvalue weighted by Crippen LogP contribution is -2.39. The van der Waals surface area contributed by atoms with E-state index in [1.54, 1.807) is 0 Å². The predicted molar refractivity (Wildman–Crippen MR) is 219 cm³/mol. The first-order valence-corrected chi connectivity index (χ1v) is 20.1. The van der Waals surface area contributed by atoms with Crippen LogP contribution in [-0.4, -0.2) is 79.0 Å². The topological polar surface area (TPSA) is 174 Å². The van der Waals surface area contributed by atoms with Crippen molar-refractivity contribution in [3.8, 4) is 0 Å². The van der Waals surface area contributed by atoms with Gasteiger partial charge in [-0.25, -0.2) is 4.79 Å². The van der Waals surface area contributed by atoms with E-state index in [1.807, 2.05) is 0 Å². The molecule has 0 aromatic rings. The largest absolute Gasteiger partial charge is 0.462 e. The number of nitrogens with one attached hydrogen (secondary N) is 2. The zero-order valence-corrected chi connectivity index (χ0v) is 34.4. The normalized spacial score (nSPS) is 10.9. The molecule has 13 nitrogen and oxygen atoms in total.